The summed E-state index contributed by atoms with van der Waals surface area (Å²) in [6, 6.07) is 6.90. The van der Waals surface area contributed by atoms with Crippen LogP contribution in [0.1, 0.15) is 31.3 Å². The number of aromatic nitrogens is 2. The number of hydrogen-bond acceptors (Lipinski definition) is 6. The van der Waals surface area contributed by atoms with Crippen molar-refractivity contribution in [2.75, 3.05) is 19.5 Å². The quantitative estimate of drug-likeness (QED) is 0.877. The highest BCUT2D eigenvalue weighted by molar-refractivity contribution is 5.93. The Morgan fingerprint density at radius 1 is 1.12 bits per heavy atom. The largest absolute Gasteiger partial charge is 0.497 e. The molecule has 7 nitrogen and oxygen atoms in total. The van der Waals surface area contributed by atoms with Crippen molar-refractivity contribution in [2.45, 2.75) is 26.3 Å². The van der Waals surface area contributed by atoms with Gasteiger partial charge in [-0.1, -0.05) is 0 Å². The third-order valence-electron chi connectivity index (χ3n) is 3.03. The summed E-state index contributed by atoms with van der Waals surface area (Å²) in [5.41, 5.74) is 0.621. The van der Waals surface area contributed by atoms with Crippen LogP contribution in [-0.2, 0) is 0 Å². The summed E-state index contributed by atoms with van der Waals surface area (Å²) in [4.78, 5) is 20.6. The molecule has 0 bridgehead atoms. The molecule has 0 aliphatic heterocycles. The van der Waals surface area contributed by atoms with E-state index in [4.69, 9.17) is 9.47 Å². The van der Waals surface area contributed by atoms with E-state index in [0.29, 0.717) is 23.1 Å². The minimum atomic E-state index is -0.338. The molecule has 2 aromatic rings. The number of nitrogens with one attached hydrogen (secondary N) is 2. The molecule has 0 saturated carbocycles. The van der Waals surface area contributed by atoms with Crippen LogP contribution in [0.2, 0.25) is 0 Å². The molecule has 0 saturated heterocycles. The molecule has 128 valence electrons. The van der Waals surface area contributed by atoms with E-state index < -0.39 is 0 Å². The van der Waals surface area contributed by atoms with E-state index in [9.17, 15) is 4.79 Å². The number of rotatable bonds is 5. The van der Waals surface area contributed by atoms with Crippen molar-refractivity contribution < 1.29 is 14.3 Å². The van der Waals surface area contributed by atoms with Gasteiger partial charge in [0.05, 0.1) is 19.9 Å². The van der Waals surface area contributed by atoms with Gasteiger partial charge in [0.2, 0.25) is 5.95 Å². The van der Waals surface area contributed by atoms with Crippen LogP contribution in [0.5, 0.6) is 11.5 Å². The lowest BCUT2D eigenvalue weighted by Gasteiger charge is -2.20. The minimum Gasteiger partial charge on any atom is -0.497 e. The Kier molecular flexibility index (Phi) is 5.23. The summed E-state index contributed by atoms with van der Waals surface area (Å²) in [5.74, 6) is 1.31. The zero-order valence-corrected chi connectivity index (χ0v) is 14.5. The Balaban J connectivity index is 2.22. The topological polar surface area (TPSA) is 85.4 Å². The Hall–Kier alpha value is -2.83. The molecular weight excluding hydrogens is 308 g/mol. The van der Waals surface area contributed by atoms with E-state index in [-0.39, 0.29) is 17.1 Å². The molecule has 0 spiro atoms. The SMILES string of the molecule is COc1ccc(Nc2nccc(C(=O)NC(C)(C)C)n2)c(OC)c1. The highest BCUT2D eigenvalue weighted by atomic mass is 16.5. The van der Waals surface area contributed by atoms with Crippen molar-refractivity contribution in [2.24, 2.45) is 0 Å². The first kappa shape index (κ1) is 17.5. The molecule has 24 heavy (non-hydrogen) atoms. The normalized spacial score (nSPS) is 10.9. The molecule has 2 N–H and O–H groups in total. The predicted octanol–water partition coefficient (Wildman–Crippen LogP) is 2.77. The molecule has 1 heterocycles. The maximum absolute atomic E-state index is 12.2. The third kappa shape index (κ3) is 4.58. The summed E-state index contributed by atoms with van der Waals surface area (Å²) < 4.78 is 10.5. The van der Waals surface area contributed by atoms with Crippen LogP contribution in [0.4, 0.5) is 11.6 Å². The number of carbonyl (C=O) groups is 1. The third-order valence-corrected chi connectivity index (χ3v) is 3.03. The zero-order valence-electron chi connectivity index (χ0n) is 14.5. The van der Waals surface area contributed by atoms with E-state index in [1.807, 2.05) is 20.8 Å². The number of anilines is 2. The van der Waals surface area contributed by atoms with E-state index >= 15 is 0 Å². The highest BCUT2D eigenvalue weighted by Gasteiger charge is 2.17. The smallest absolute Gasteiger partial charge is 0.270 e. The van der Waals surface area contributed by atoms with Crippen molar-refractivity contribution in [3.8, 4) is 11.5 Å². The monoisotopic (exact) mass is 330 g/mol. The second kappa shape index (κ2) is 7.16. The van der Waals surface area contributed by atoms with Gasteiger partial charge in [-0.05, 0) is 39.0 Å². The van der Waals surface area contributed by atoms with Gasteiger partial charge in [-0.25, -0.2) is 9.97 Å². The fourth-order valence-electron chi connectivity index (χ4n) is 1.97. The first-order valence-corrected chi connectivity index (χ1v) is 7.47. The number of ether oxygens (including phenoxy) is 2. The fourth-order valence-corrected chi connectivity index (χ4v) is 1.97. The number of hydrogen-bond donors (Lipinski definition) is 2. The van der Waals surface area contributed by atoms with Gasteiger partial charge in [0.25, 0.3) is 5.91 Å². The molecule has 0 aliphatic carbocycles. The molecular formula is C17H22N4O3. The molecule has 0 unspecified atom stereocenters. The number of nitrogens with zero attached hydrogens (tertiary/aromatic N) is 2. The zero-order chi connectivity index (χ0) is 17.7. The first-order chi connectivity index (χ1) is 11.3. The Bertz CT molecular complexity index is 726. The molecule has 1 aromatic carbocycles. The molecule has 2 rings (SSSR count). The summed E-state index contributed by atoms with van der Waals surface area (Å²) in [5, 5.41) is 5.92. The van der Waals surface area contributed by atoms with Crippen LogP contribution >= 0.6 is 0 Å². The van der Waals surface area contributed by atoms with Crippen molar-refractivity contribution in [3.05, 3.63) is 36.2 Å². The van der Waals surface area contributed by atoms with Gasteiger partial charge in [0, 0.05) is 17.8 Å². The maximum atomic E-state index is 12.2. The number of carbonyl (C=O) groups excluding carboxylic acids is 1. The van der Waals surface area contributed by atoms with Crippen molar-refractivity contribution in [1.29, 1.82) is 0 Å². The van der Waals surface area contributed by atoms with Crippen LogP contribution in [0.15, 0.2) is 30.5 Å². The maximum Gasteiger partial charge on any atom is 0.270 e. The number of benzene rings is 1. The first-order valence-electron chi connectivity index (χ1n) is 7.47. The van der Waals surface area contributed by atoms with Crippen LogP contribution in [0.25, 0.3) is 0 Å². The average Bonchev–Trinajstić information content (AvgIpc) is 2.54. The van der Waals surface area contributed by atoms with Gasteiger partial charge in [-0.3, -0.25) is 4.79 Å². The Labute approximate surface area is 141 Å². The minimum absolute atomic E-state index is 0.255. The van der Waals surface area contributed by atoms with E-state index in [0.717, 1.165) is 0 Å². The second-order valence-corrected chi connectivity index (χ2v) is 6.16. The van der Waals surface area contributed by atoms with Gasteiger partial charge in [0.1, 0.15) is 17.2 Å². The molecule has 0 fully saturated rings. The van der Waals surface area contributed by atoms with Crippen LogP contribution < -0.4 is 20.1 Å². The molecule has 0 aliphatic rings. The average molecular weight is 330 g/mol. The molecule has 0 atom stereocenters. The lowest BCUT2D eigenvalue weighted by molar-refractivity contribution is 0.0914. The van der Waals surface area contributed by atoms with E-state index in [2.05, 4.69) is 20.6 Å². The molecule has 7 heteroatoms. The van der Waals surface area contributed by atoms with E-state index in [1.165, 1.54) is 6.20 Å². The molecule has 1 amide bonds. The standard InChI is InChI=1S/C17H22N4O3/c1-17(2,3)21-15(22)13-8-9-18-16(20-13)19-12-7-6-11(23-4)10-14(12)24-5/h6-10H,1-5H3,(H,21,22)(H,18,19,20). The fraction of sp³-hybridized carbons (Fsp3) is 0.353. The highest BCUT2D eigenvalue weighted by Crippen LogP contribution is 2.30. The van der Waals surface area contributed by atoms with Crippen molar-refractivity contribution in [1.82, 2.24) is 15.3 Å². The van der Waals surface area contributed by atoms with E-state index in [1.54, 1.807) is 38.5 Å². The summed E-state index contributed by atoms with van der Waals surface area (Å²) in [7, 11) is 3.15. The number of methoxy groups -OCH3 is 2. The lowest BCUT2D eigenvalue weighted by Crippen LogP contribution is -2.41. The van der Waals surface area contributed by atoms with Gasteiger partial charge >= 0.3 is 0 Å². The van der Waals surface area contributed by atoms with Gasteiger partial charge < -0.3 is 20.1 Å². The molecule has 0 radical (unpaired) electrons. The lowest BCUT2D eigenvalue weighted by atomic mass is 10.1. The van der Waals surface area contributed by atoms with Gasteiger partial charge in [0.15, 0.2) is 0 Å². The summed E-state index contributed by atoms with van der Waals surface area (Å²) in [6.07, 6.45) is 1.53. The predicted molar refractivity (Wildman–Crippen MR) is 92.1 cm³/mol. The Morgan fingerprint density at radius 3 is 2.50 bits per heavy atom. The Morgan fingerprint density at radius 2 is 1.88 bits per heavy atom. The van der Waals surface area contributed by atoms with Crippen LogP contribution in [0, 0.1) is 0 Å². The van der Waals surface area contributed by atoms with Gasteiger partial charge in [-0.15, -0.1) is 0 Å². The number of amides is 1. The second-order valence-electron chi connectivity index (χ2n) is 6.16. The summed E-state index contributed by atoms with van der Waals surface area (Å²) in [6.45, 7) is 5.73. The van der Waals surface area contributed by atoms with Crippen LogP contribution in [0.3, 0.4) is 0 Å². The van der Waals surface area contributed by atoms with Crippen molar-refractivity contribution in [3.63, 3.8) is 0 Å². The molecule has 1 aromatic heterocycles. The van der Waals surface area contributed by atoms with Crippen LogP contribution in [-0.4, -0.2) is 35.6 Å². The summed E-state index contributed by atoms with van der Waals surface area (Å²) >= 11 is 0. The van der Waals surface area contributed by atoms with Gasteiger partial charge in [-0.2, -0.15) is 0 Å². The van der Waals surface area contributed by atoms with Crippen molar-refractivity contribution >= 4 is 17.5 Å².